The van der Waals surface area contributed by atoms with Gasteiger partial charge in [-0.15, -0.1) is 0 Å². The molecule has 0 unspecified atom stereocenters. The van der Waals surface area contributed by atoms with Crippen LogP contribution in [0.25, 0.3) is 5.76 Å². The number of ketones is 1. The number of nitrogens with zero attached hydrogens (tertiary/aromatic N) is 2. The fraction of sp³-hybridized carbons (Fsp3) is 0.357. The van der Waals surface area contributed by atoms with Gasteiger partial charge < -0.3 is 24.4 Å². The van der Waals surface area contributed by atoms with E-state index in [4.69, 9.17) is 9.47 Å². The highest BCUT2D eigenvalue weighted by Crippen LogP contribution is 2.40. The van der Waals surface area contributed by atoms with E-state index in [1.165, 1.54) is 0 Å². The van der Waals surface area contributed by atoms with Crippen LogP contribution in [0, 0.1) is 0 Å². The third kappa shape index (κ3) is 6.31. The second-order valence-corrected chi connectivity index (χ2v) is 9.01. The summed E-state index contributed by atoms with van der Waals surface area (Å²) in [4.78, 5) is 29.9. The molecule has 35 heavy (non-hydrogen) atoms. The molecule has 1 saturated heterocycles. The van der Waals surface area contributed by atoms with Gasteiger partial charge >= 0.3 is 0 Å². The van der Waals surface area contributed by atoms with E-state index < -0.39 is 17.7 Å². The van der Waals surface area contributed by atoms with Gasteiger partial charge in [-0.25, -0.2) is 0 Å². The van der Waals surface area contributed by atoms with Crippen molar-refractivity contribution < 1.29 is 24.2 Å². The zero-order valence-electron chi connectivity index (χ0n) is 20.9. The number of Topliss-reactive ketones (excluding diaryl/α,β-unsaturated/α-hetero) is 1. The number of aliphatic hydroxyl groups is 1. The number of hydrogen-bond donors (Lipinski definition) is 1. The van der Waals surface area contributed by atoms with E-state index in [1.807, 2.05) is 45.0 Å². The number of carbonyl (C=O) groups is 2. The summed E-state index contributed by atoms with van der Waals surface area (Å²) in [6.07, 6.45) is 2.34. The van der Waals surface area contributed by atoms with Crippen molar-refractivity contribution in [2.45, 2.75) is 32.4 Å². The van der Waals surface area contributed by atoms with E-state index in [9.17, 15) is 14.7 Å². The number of aliphatic hydroxyl groups excluding tert-OH is 1. The minimum absolute atomic E-state index is 0.0116. The Balaban J connectivity index is 2.05. The highest BCUT2D eigenvalue weighted by Gasteiger charge is 2.45. The highest BCUT2D eigenvalue weighted by molar-refractivity contribution is 6.46. The summed E-state index contributed by atoms with van der Waals surface area (Å²) >= 11 is 0. The minimum atomic E-state index is -0.726. The molecular weight excluding hydrogens is 444 g/mol. The smallest absolute Gasteiger partial charge is 0.295 e. The zero-order valence-corrected chi connectivity index (χ0v) is 20.9. The molecule has 1 aliphatic heterocycles. The summed E-state index contributed by atoms with van der Waals surface area (Å²) in [7, 11) is 3.91. The maximum Gasteiger partial charge on any atom is 0.295 e. The van der Waals surface area contributed by atoms with Crippen LogP contribution in [0.3, 0.4) is 0 Å². The van der Waals surface area contributed by atoms with Gasteiger partial charge in [0.1, 0.15) is 23.9 Å². The van der Waals surface area contributed by atoms with Crippen LogP contribution in [-0.2, 0) is 9.59 Å². The third-order valence-electron chi connectivity index (χ3n) is 5.59. The van der Waals surface area contributed by atoms with Gasteiger partial charge in [0.2, 0.25) is 0 Å². The normalized spacial score (nSPS) is 17.3. The molecule has 7 heteroatoms. The SMILES string of the molecule is C=CCOc1cccc([C@H]2C(=C(O)c3ccc(OC(C)C)cc3)C(=O)C(=O)N2CCCN(C)C)c1. The summed E-state index contributed by atoms with van der Waals surface area (Å²) in [6.45, 7) is 9.00. The van der Waals surface area contributed by atoms with E-state index >= 15 is 0 Å². The summed E-state index contributed by atoms with van der Waals surface area (Å²) in [5.41, 5.74) is 1.20. The largest absolute Gasteiger partial charge is 0.507 e. The van der Waals surface area contributed by atoms with Gasteiger partial charge in [0.05, 0.1) is 17.7 Å². The standard InChI is InChI=1S/C28H34N2O5/c1-6-17-34-23-10-7-9-21(18-23)25-24(27(32)28(33)30(25)16-8-15-29(4)5)26(31)20-11-13-22(14-12-20)35-19(2)3/h6-7,9-14,18-19,25,31H,1,8,15-17H2,2-5H3/t25-/m0/s1. The van der Waals surface area contributed by atoms with Gasteiger partial charge in [-0.3, -0.25) is 9.59 Å². The molecule has 0 spiro atoms. The van der Waals surface area contributed by atoms with Crippen molar-refractivity contribution >= 4 is 17.4 Å². The second kappa shape index (κ2) is 11.7. The molecule has 7 nitrogen and oxygen atoms in total. The molecule has 1 fully saturated rings. The number of rotatable bonds is 11. The second-order valence-electron chi connectivity index (χ2n) is 9.01. The molecule has 3 rings (SSSR count). The van der Waals surface area contributed by atoms with Crippen LogP contribution in [0.15, 0.2) is 66.8 Å². The molecule has 1 heterocycles. The first-order valence-corrected chi connectivity index (χ1v) is 11.8. The molecule has 1 N–H and O–H groups in total. The summed E-state index contributed by atoms with van der Waals surface area (Å²) < 4.78 is 11.4. The van der Waals surface area contributed by atoms with Gasteiger partial charge in [0.25, 0.3) is 11.7 Å². The average molecular weight is 479 g/mol. The lowest BCUT2D eigenvalue weighted by molar-refractivity contribution is -0.139. The lowest BCUT2D eigenvalue weighted by Crippen LogP contribution is -2.32. The molecule has 0 radical (unpaired) electrons. The quantitative estimate of drug-likeness (QED) is 0.223. The van der Waals surface area contributed by atoms with E-state index in [-0.39, 0.29) is 17.4 Å². The average Bonchev–Trinajstić information content (AvgIpc) is 3.07. The van der Waals surface area contributed by atoms with Crippen LogP contribution in [0.5, 0.6) is 11.5 Å². The molecule has 1 atom stereocenters. The first-order valence-electron chi connectivity index (χ1n) is 11.8. The number of amides is 1. The fourth-order valence-corrected chi connectivity index (χ4v) is 4.06. The van der Waals surface area contributed by atoms with Crippen LogP contribution >= 0.6 is 0 Å². The zero-order chi connectivity index (χ0) is 25.5. The molecule has 186 valence electrons. The van der Waals surface area contributed by atoms with Gasteiger partial charge in [0.15, 0.2) is 0 Å². The van der Waals surface area contributed by atoms with Crippen molar-refractivity contribution in [1.29, 1.82) is 0 Å². The molecule has 1 amide bonds. The van der Waals surface area contributed by atoms with E-state index in [0.717, 1.165) is 6.54 Å². The topological polar surface area (TPSA) is 79.3 Å². The van der Waals surface area contributed by atoms with Crippen molar-refractivity contribution in [3.8, 4) is 11.5 Å². The Morgan fingerprint density at radius 1 is 1.14 bits per heavy atom. The predicted octanol–water partition coefficient (Wildman–Crippen LogP) is 4.41. The van der Waals surface area contributed by atoms with Gasteiger partial charge in [0, 0.05) is 12.1 Å². The molecular formula is C28H34N2O5. The van der Waals surface area contributed by atoms with Crippen LogP contribution < -0.4 is 9.47 Å². The first kappa shape index (κ1) is 26.0. The van der Waals surface area contributed by atoms with Crippen molar-refractivity contribution in [3.63, 3.8) is 0 Å². The molecule has 2 aromatic carbocycles. The van der Waals surface area contributed by atoms with E-state index in [0.29, 0.717) is 42.2 Å². The molecule has 0 aliphatic carbocycles. The van der Waals surface area contributed by atoms with Crippen molar-refractivity contribution in [2.24, 2.45) is 0 Å². The number of hydrogen-bond acceptors (Lipinski definition) is 6. The summed E-state index contributed by atoms with van der Waals surface area (Å²) in [5, 5.41) is 11.2. The Labute approximate surface area is 207 Å². The Bertz CT molecular complexity index is 1090. The summed E-state index contributed by atoms with van der Waals surface area (Å²) in [5.74, 6) is -0.275. The van der Waals surface area contributed by atoms with Gasteiger partial charge in [-0.1, -0.05) is 24.8 Å². The molecule has 2 aromatic rings. The summed E-state index contributed by atoms with van der Waals surface area (Å²) in [6, 6.07) is 13.4. The van der Waals surface area contributed by atoms with Crippen molar-refractivity contribution in [3.05, 3.63) is 77.9 Å². The first-order chi connectivity index (χ1) is 16.7. The lowest BCUT2D eigenvalue weighted by atomic mass is 9.95. The number of likely N-dealkylation sites (tertiary alicyclic amines) is 1. The van der Waals surface area contributed by atoms with Crippen LogP contribution in [-0.4, -0.2) is 66.5 Å². The molecule has 0 bridgehead atoms. The Hall–Kier alpha value is -3.58. The van der Waals surface area contributed by atoms with Crippen LogP contribution in [0.1, 0.15) is 37.4 Å². The van der Waals surface area contributed by atoms with Gasteiger partial charge in [-0.2, -0.15) is 0 Å². The van der Waals surface area contributed by atoms with Gasteiger partial charge in [-0.05, 0) is 82.9 Å². The van der Waals surface area contributed by atoms with E-state index in [1.54, 1.807) is 47.4 Å². The van der Waals surface area contributed by atoms with E-state index in [2.05, 4.69) is 6.58 Å². The maximum absolute atomic E-state index is 13.2. The Kier molecular flexibility index (Phi) is 8.71. The highest BCUT2D eigenvalue weighted by atomic mass is 16.5. The molecule has 0 saturated carbocycles. The molecule has 1 aliphatic rings. The molecule has 0 aromatic heterocycles. The Morgan fingerprint density at radius 3 is 2.49 bits per heavy atom. The number of benzene rings is 2. The minimum Gasteiger partial charge on any atom is -0.507 e. The van der Waals surface area contributed by atoms with Crippen LogP contribution in [0.2, 0.25) is 0 Å². The number of carbonyl (C=O) groups excluding carboxylic acids is 2. The van der Waals surface area contributed by atoms with Crippen molar-refractivity contribution in [1.82, 2.24) is 9.80 Å². The fourth-order valence-electron chi connectivity index (χ4n) is 4.06. The predicted molar refractivity (Wildman–Crippen MR) is 137 cm³/mol. The van der Waals surface area contributed by atoms with Crippen LogP contribution in [0.4, 0.5) is 0 Å². The maximum atomic E-state index is 13.2. The third-order valence-corrected chi connectivity index (χ3v) is 5.59. The number of ether oxygens (including phenoxy) is 2. The monoisotopic (exact) mass is 478 g/mol. The lowest BCUT2D eigenvalue weighted by Gasteiger charge is -2.26. The Morgan fingerprint density at radius 2 is 1.86 bits per heavy atom. The van der Waals surface area contributed by atoms with Crippen molar-refractivity contribution in [2.75, 3.05) is 33.8 Å².